The minimum atomic E-state index is -4.59. The number of carbonyl (C=O) groups excluding carboxylic acids is 2. The molecule has 1 fully saturated rings. The molecule has 1 aliphatic heterocycles. The normalized spacial score (nSPS) is 14.8. The van der Waals surface area contributed by atoms with Crippen LogP contribution in [0.1, 0.15) is 18.9 Å². The van der Waals surface area contributed by atoms with Crippen LogP contribution in [-0.4, -0.2) is 42.9 Å². The van der Waals surface area contributed by atoms with Crippen molar-refractivity contribution in [2.75, 3.05) is 36.4 Å². The first-order valence-corrected chi connectivity index (χ1v) is 7.61. The lowest BCUT2D eigenvalue weighted by atomic mass is 10.1. The predicted octanol–water partition coefficient (Wildman–Crippen LogP) is 2.23. The average Bonchev–Trinajstić information content (AvgIpc) is 2.54. The van der Waals surface area contributed by atoms with Crippen molar-refractivity contribution in [3.8, 4) is 6.07 Å². The second-order valence-corrected chi connectivity index (χ2v) is 5.61. The Bertz CT molecular complexity index is 704. The number of nitrogens with zero attached hydrogens (tertiary/aromatic N) is 3. The van der Waals surface area contributed by atoms with Crippen molar-refractivity contribution >= 4 is 23.2 Å². The molecule has 0 atom stereocenters. The third-order valence-electron chi connectivity index (χ3n) is 3.89. The lowest BCUT2D eigenvalue weighted by Gasteiger charge is -2.36. The van der Waals surface area contributed by atoms with E-state index in [0.29, 0.717) is 26.2 Å². The summed E-state index contributed by atoms with van der Waals surface area (Å²) in [7, 11) is 0. The lowest BCUT2D eigenvalue weighted by Crippen LogP contribution is -2.48. The van der Waals surface area contributed by atoms with E-state index in [9.17, 15) is 22.8 Å². The number of hydrogen-bond donors (Lipinski definition) is 1. The summed E-state index contributed by atoms with van der Waals surface area (Å²) in [5.74, 6) is -0.773. The van der Waals surface area contributed by atoms with E-state index in [1.807, 2.05) is 0 Å². The van der Waals surface area contributed by atoms with Crippen LogP contribution in [0.5, 0.6) is 0 Å². The van der Waals surface area contributed by atoms with E-state index in [0.717, 1.165) is 6.07 Å². The standard InChI is InChI=1S/C16H17F3N4O2/c1-11(24)22-6-8-23(9-7-22)14-3-2-12(21-15(25)4-5-20)10-13(14)16(17,18)19/h2-3,10H,4,6-9H2,1H3,(H,21,25). The molecule has 1 aliphatic rings. The van der Waals surface area contributed by atoms with E-state index < -0.39 is 24.1 Å². The molecule has 6 nitrogen and oxygen atoms in total. The number of anilines is 2. The van der Waals surface area contributed by atoms with Crippen molar-refractivity contribution < 1.29 is 22.8 Å². The Kier molecular flexibility index (Phi) is 5.51. The van der Waals surface area contributed by atoms with Gasteiger partial charge in [0.1, 0.15) is 6.42 Å². The second-order valence-electron chi connectivity index (χ2n) is 5.61. The quantitative estimate of drug-likeness (QED) is 0.903. The number of carbonyl (C=O) groups is 2. The van der Waals surface area contributed by atoms with Crippen LogP contribution in [0.4, 0.5) is 24.5 Å². The molecule has 1 aromatic rings. The van der Waals surface area contributed by atoms with Crippen LogP contribution in [0.25, 0.3) is 0 Å². The number of nitriles is 1. The van der Waals surface area contributed by atoms with E-state index >= 15 is 0 Å². The molecule has 0 aliphatic carbocycles. The van der Waals surface area contributed by atoms with Crippen LogP contribution in [-0.2, 0) is 15.8 Å². The van der Waals surface area contributed by atoms with Gasteiger partial charge in [0.05, 0.1) is 11.6 Å². The SMILES string of the molecule is CC(=O)N1CCN(c2ccc(NC(=O)CC#N)cc2C(F)(F)F)CC1. The molecule has 1 N–H and O–H groups in total. The molecule has 2 rings (SSSR count). The van der Waals surface area contributed by atoms with Crippen LogP contribution in [0, 0.1) is 11.3 Å². The van der Waals surface area contributed by atoms with Gasteiger partial charge in [-0.2, -0.15) is 18.4 Å². The van der Waals surface area contributed by atoms with Crippen molar-refractivity contribution in [1.29, 1.82) is 5.26 Å². The molecule has 1 saturated heterocycles. The molecule has 1 heterocycles. The van der Waals surface area contributed by atoms with Gasteiger partial charge in [0.2, 0.25) is 11.8 Å². The summed E-state index contributed by atoms with van der Waals surface area (Å²) in [6.07, 6.45) is -5.03. The van der Waals surface area contributed by atoms with E-state index in [4.69, 9.17) is 5.26 Å². The van der Waals surface area contributed by atoms with Crippen LogP contribution in [0.3, 0.4) is 0 Å². The van der Waals surface area contributed by atoms with Crippen molar-refractivity contribution in [1.82, 2.24) is 4.90 Å². The van der Waals surface area contributed by atoms with Gasteiger partial charge in [-0.05, 0) is 18.2 Å². The molecule has 1 aromatic carbocycles. The molecule has 0 aromatic heterocycles. The van der Waals surface area contributed by atoms with Crippen molar-refractivity contribution in [2.45, 2.75) is 19.5 Å². The number of rotatable bonds is 3. The highest BCUT2D eigenvalue weighted by molar-refractivity contribution is 5.92. The number of benzene rings is 1. The van der Waals surface area contributed by atoms with Gasteiger partial charge in [-0.25, -0.2) is 0 Å². The maximum Gasteiger partial charge on any atom is 0.418 e. The van der Waals surface area contributed by atoms with Crippen LogP contribution >= 0.6 is 0 Å². The highest BCUT2D eigenvalue weighted by Crippen LogP contribution is 2.38. The van der Waals surface area contributed by atoms with Gasteiger partial charge in [-0.1, -0.05) is 0 Å². The fraction of sp³-hybridized carbons (Fsp3) is 0.438. The summed E-state index contributed by atoms with van der Waals surface area (Å²) in [5.41, 5.74) is -0.869. The zero-order valence-electron chi connectivity index (χ0n) is 13.6. The van der Waals surface area contributed by atoms with Gasteiger partial charge in [0, 0.05) is 44.5 Å². The largest absolute Gasteiger partial charge is 0.418 e. The first-order valence-electron chi connectivity index (χ1n) is 7.61. The smallest absolute Gasteiger partial charge is 0.367 e. The third kappa shape index (κ3) is 4.62. The molecule has 25 heavy (non-hydrogen) atoms. The van der Waals surface area contributed by atoms with Gasteiger partial charge in [-0.15, -0.1) is 0 Å². The van der Waals surface area contributed by atoms with Crippen LogP contribution in [0.2, 0.25) is 0 Å². The van der Waals surface area contributed by atoms with E-state index in [-0.39, 0.29) is 17.3 Å². The first-order chi connectivity index (χ1) is 11.7. The zero-order valence-corrected chi connectivity index (χ0v) is 13.6. The first kappa shape index (κ1) is 18.6. The molecule has 0 bridgehead atoms. The fourth-order valence-corrected chi connectivity index (χ4v) is 2.66. The third-order valence-corrected chi connectivity index (χ3v) is 3.89. The molecule has 0 spiro atoms. The lowest BCUT2D eigenvalue weighted by molar-refractivity contribution is -0.137. The van der Waals surface area contributed by atoms with E-state index in [1.54, 1.807) is 15.9 Å². The molecule has 9 heteroatoms. The minimum Gasteiger partial charge on any atom is -0.367 e. The van der Waals surface area contributed by atoms with Gasteiger partial charge in [0.15, 0.2) is 0 Å². The molecular formula is C16H17F3N4O2. The molecule has 2 amide bonds. The molecule has 0 saturated carbocycles. The number of hydrogen-bond acceptors (Lipinski definition) is 4. The van der Waals surface area contributed by atoms with Gasteiger partial charge < -0.3 is 15.1 Å². The Hall–Kier alpha value is -2.76. The highest BCUT2D eigenvalue weighted by atomic mass is 19.4. The Balaban J connectivity index is 2.25. The average molecular weight is 354 g/mol. The summed E-state index contributed by atoms with van der Waals surface area (Å²) < 4.78 is 40.3. The summed E-state index contributed by atoms with van der Waals surface area (Å²) >= 11 is 0. The number of amides is 2. The maximum atomic E-state index is 13.4. The van der Waals surface area contributed by atoms with Crippen LogP contribution in [0.15, 0.2) is 18.2 Å². The summed E-state index contributed by atoms with van der Waals surface area (Å²) in [5, 5.41) is 10.7. The monoisotopic (exact) mass is 354 g/mol. The van der Waals surface area contributed by atoms with Crippen molar-refractivity contribution in [3.63, 3.8) is 0 Å². The second kappa shape index (κ2) is 7.42. The topological polar surface area (TPSA) is 76.4 Å². The summed E-state index contributed by atoms with van der Waals surface area (Å²) in [6.45, 7) is 2.72. The minimum absolute atomic E-state index is 0.00832. The maximum absolute atomic E-state index is 13.4. The molecule has 0 unspecified atom stereocenters. The predicted molar refractivity (Wildman–Crippen MR) is 84.8 cm³/mol. The molecule has 0 radical (unpaired) electrons. The molecular weight excluding hydrogens is 337 g/mol. The number of nitrogens with one attached hydrogen (secondary N) is 1. The number of alkyl halides is 3. The zero-order chi connectivity index (χ0) is 18.6. The van der Waals surface area contributed by atoms with Gasteiger partial charge >= 0.3 is 6.18 Å². The summed E-state index contributed by atoms with van der Waals surface area (Å²) in [6, 6.07) is 5.17. The van der Waals surface area contributed by atoms with Crippen LogP contribution < -0.4 is 10.2 Å². The van der Waals surface area contributed by atoms with E-state index in [1.165, 1.54) is 19.1 Å². The number of halogens is 3. The van der Waals surface area contributed by atoms with Gasteiger partial charge in [-0.3, -0.25) is 9.59 Å². The van der Waals surface area contributed by atoms with Gasteiger partial charge in [0.25, 0.3) is 0 Å². The van der Waals surface area contributed by atoms with Crippen molar-refractivity contribution in [2.24, 2.45) is 0 Å². The highest BCUT2D eigenvalue weighted by Gasteiger charge is 2.36. The Labute approximate surface area is 142 Å². The molecule has 134 valence electrons. The number of piperazine rings is 1. The Morgan fingerprint density at radius 1 is 1.24 bits per heavy atom. The Morgan fingerprint density at radius 2 is 1.88 bits per heavy atom. The van der Waals surface area contributed by atoms with E-state index in [2.05, 4.69) is 5.32 Å². The Morgan fingerprint density at radius 3 is 2.40 bits per heavy atom. The summed E-state index contributed by atoms with van der Waals surface area (Å²) in [4.78, 5) is 25.9. The fourth-order valence-electron chi connectivity index (χ4n) is 2.66. The van der Waals surface area contributed by atoms with Crippen molar-refractivity contribution in [3.05, 3.63) is 23.8 Å².